The van der Waals surface area contributed by atoms with Crippen LogP contribution in [0.2, 0.25) is 0 Å². The molecule has 1 heterocycles. The average molecular weight is 292 g/mol. The van der Waals surface area contributed by atoms with Gasteiger partial charge in [-0.25, -0.2) is 0 Å². The predicted molar refractivity (Wildman–Crippen MR) is 87.5 cm³/mol. The van der Waals surface area contributed by atoms with Crippen molar-refractivity contribution in [2.75, 3.05) is 29.9 Å². The number of thioether (sulfide) groups is 1. The monoisotopic (exact) mass is 292 g/mol. The largest absolute Gasteiger partial charge is 0.325 e. The number of aryl methyl sites for hydroxylation is 2. The van der Waals surface area contributed by atoms with Gasteiger partial charge in [0.1, 0.15) is 0 Å². The van der Waals surface area contributed by atoms with Gasteiger partial charge in [-0.15, -0.1) is 0 Å². The molecule has 1 aliphatic heterocycles. The van der Waals surface area contributed by atoms with Crippen LogP contribution in [0.25, 0.3) is 0 Å². The zero-order valence-electron chi connectivity index (χ0n) is 12.4. The first kappa shape index (κ1) is 15.4. The molecule has 2 rings (SSSR count). The third-order valence-corrected chi connectivity index (χ3v) is 4.66. The topological polar surface area (TPSA) is 41.1 Å². The second-order valence-electron chi connectivity index (χ2n) is 5.65. The number of hydrogen-bond donors (Lipinski definition) is 2. The van der Waals surface area contributed by atoms with Crippen molar-refractivity contribution in [1.29, 1.82) is 0 Å². The Kier molecular flexibility index (Phi) is 5.92. The maximum absolute atomic E-state index is 11.9. The van der Waals surface area contributed by atoms with Gasteiger partial charge in [0.25, 0.3) is 0 Å². The second kappa shape index (κ2) is 7.70. The lowest BCUT2D eigenvalue weighted by Gasteiger charge is -2.22. The molecule has 1 aromatic rings. The molecular weight excluding hydrogens is 268 g/mol. The van der Waals surface area contributed by atoms with Crippen LogP contribution in [0.1, 0.15) is 24.0 Å². The van der Waals surface area contributed by atoms with Crippen molar-refractivity contribution < 1.29 is 4.79 Å². The summed E-state index contributed by atoms with van der Waals surface area (Å²) >= 11 is 1.74. The Balaban J connectivity index is 1.72. The summed E-state index contributed by atoms with van der Waals surface area (Å²) < 4.78 is 0. The number of hydrogen-bond acceptors (Lipinski definition) is 3. The molecule has 0 bridgehead atoms. The maximum atomic E-state index is 11.9. The molecule has 3 nitrogen and oxygen atoms in total. The summed E-state index contributed by atoms with van der Waals surface area (Å²) in [6.07, 6.45) is 2.55. The number of nitrogens with one attached hydrogen (secondary N) is 2. The lowest BCUT2D eigenvalue weighted by molar-refractivity contribution is -0.113. The quantitative estimate of drug-likeness (QED) is 0.876. The Morgan fingerprint density at radius 1 is 1.35 bits per heavy atom. The highest BCUT2D eigenvalue weighted by atomic mass is 32.2. The summed E-state index contributed by atoms with van der Waals surface area (Å²) in [5.41, 5.74) is 3.27. The van der Waals surface area contributed by atoms with Gasteiger partial charge in [-0.05, 0) is 74.7 Å². The molecule has 0 spiro atoms. The van der Waals surface area contributed by atoms with Crippen LogP contribution in [0.3, 0.4) is 0 Å². The third kappa shape index (κ3) is 5.17. The molecule has 20 heavy (non-hydrogen) atoms. The van der Waals surface area contributed by atoms with Crippen LogP contribution >= 0.6 is 11.8 Å². The first-order chi connectivity index (χ1) is 9.63. The molecule has 0 saturated carbocycles. The van der Waals surface area contributed by atoms with Gasteiger partial charge in [0.2, 0.25) is 5.91 Å². The van der Waals surface area contributed by atoms with Crippen LogP contribution in [0, 0.1) is 19.8 Å². The summed E-state index contributed by atoms with van der Waals surface area (Å²) in [5.74, 6) is 2.45. The molecule has 0 aromatic heterocycles. The third-order valence-electron chi connectivity index (χ3n) is 3.49. The van der Waals surface area contributed by atoms with Gasteiger partial charge in [-0.2, -0.15) is 11.8 Å². The fourth-order valence-electron chi connectivity index (χ4n) is 2.63. The molecule has 0 aliphatic carbocycles. The van der Waals surface area contributed by atoms with Crippen LogP contribution in [0.4, 0.5) is 5.69 Å². The van der Waals surface area contributed by atoms with Crippen molar-refractivity contribution in [3.8, 4) is 0 Å². The minimum absolute atomic E-state index is 0.101. The summed E-state index contributed by atoms with van der Waals surface area (Å²) in [6.45, 7) is 6.35. The van der Waals surface area contributed by atoms with E-state index in [1.807, 2.05) is 26.0 Å². The summed E-state index contributed by atoms with van der Waals surface area (Å²) in [6, 6.07) is 6.14. The van der Waals surface area contributed by atoms with E-state index in [1.54, 1.807) is 11.8 Å². The molecule has 1 aliphatic rings. The molecule has 4 heteroatoms. The highest BCUT2D eigenvalue weighted by molar-refractivity contribution is 7.99. The van der Waals surface area contributed by atoms with E-state index in [4.69, 9.17) is 0 Å². The molecule has 2 N–H and O–H groups in total. The van der Waals surface area contributed by atoms with Crippen molar-refractivity contribution in [3.63, 3.8) is 0 Å². The van der Waals surface area contributed by atoms with Gasteiger partial charge in [0, 0.05) is 5.69 Å². The molecule has 1 amide bonds. The van der Waals surface area contributed by atoms with E-state index in [-0.39, 0.29) is 5.91 Å². The number of carbonyl (C=O) groups excluding carboxylic acids is 1. The van der Waals surface area contributed by atoms with E-state index < -0.39 is 0 Å². The molecule has 1 atom stereocenters. The Hall–Kier alpha value is -1.00. The van der Waals surface area contributed by atoms with Gasteiger partial charge < -0.3 is 10.6 Å². The van der Waals surface area contributed by atoms with Crippen molar-refractivity contribution in [2.24, 2.45) is 5.92 Å². The van der Waals surface area contributed by atoms with Crippen molar-refractivity contribution in [3.05, 3.63) is 29.3 Å². The molecule has 110 valence electrons. The van der Waals surface area contributed by atoms with E-state index >= 15 is 0 Å². The Labute approximate surface area is 125 Å². The number of anilines is 1. The second-order valence-corrected chi connectivity index (χ2v) is 6.68. The van der Waals surface area contributed by atoms with Crippen LogP contribution in [-0.4, -0.2) is 30.5 Å². The molecule has 1 unspecified atom stereocenters. The lowest BCUT2D eigenvalue weighted by Crippen LogP contribution is -2.31. The number of rotatable bonds is 5. The number of piperidine rings is 1. The standard InChI is InChI=1S/C16H24N2OS/c1-12-6-13(2)8-15(7-12)18-16(19)11-20-10-14-4-3-5-17-9-14/h6-8,14,17H,3-5,9-11H2,1-2H3,(H,18,19). The van der Waals surface area contributed by atoms with Gasteiger partial charge in [-0.3, -0.25) is 4.79 Å². The molecule has 1 saturated heterocycles. The maximum Gasteiger partial charge on any atom is 0.234 e. The van der Waals surface area contributed by atoms with E-state index in [9.17, 15) is 4.79 Å². The zero-order valence-corrected chi connectivity index (χ0v) is 13.2. The van der Waals surface area contributed by atoms with Gasteiger partial charge in [0.05, 0.1) is 5.75 Å². The van der Waals surface area contributed by atoms with E-state index in [1.165, 1.54) is 24.0 Å². The Bertz CT molecular complexity index is 436. The lowest BCUT2D eigenvalue weighted by atomic mass is 10.0. The fourth-order valence-corrected chi connectivity index (χ4v) is 3.62. The van der Waals surface area contributed by atoms with E-state index in [0.29, 0.717) is 5.75 Å². The molecular formula is C16H24N2OS. The first-order valence-corrected chi connectivity index (χ1v) is 8.45. The molecule has 1 aromatic carbocycles. The minimum Gasteiger partial charge on any atom is -0.325 e. The van der Waals surface area contributed by atoms with Crippen LogP contribution in [0.15, 0.2) is 18.2 Å². The predicted octanol–water partition coefficient (Wildman–Crippen LogP) is 2.97. The van der Waals surface area contributed by atoms with Crippen LogP contribution in [0.5, 0.6) is 0 Å². The molecule has 1 fully saturated rings. The first-order valence-electron chi connectivity index (χ1n) is 7.30. The minimum atomic E-state index is 0.101. The zero-order chi connectivity index (χ0) is 14.4. The SMILES string of the molecule is Cc1cc(C)cc(NC(=O)CSCC2CCCNC2)c1. The number of carbonyl (C=O) groups is 1. The highest BCUT2D eigenvalue weighted by Crippen LogP contribution is 2.17. The Morgan fingerprint density at radius 3 is 2.75 bits per heavy atom. The fraction of sp³-hybridized carbons (Fsp3) is 0.562. The Morgan fingerprint density at radius 2 is 2.10 bits per heavy atom. The highest BCUT2D eigenvalue weighted by Gasteiger charge is 2.13. The smallest absolute Gasteiger partial charge is 0.234 e. The van der Waals surface area contributed by atoms with Crippen LogP contribution in [-0.2, 0) is 4.79 Å². The summed E-state index contributed by atoms with van der Waals surface area (Å²) in [7, 11) is 0. The number of amides is 1. The van der Waals surface area contributed by atoms with Crippen molar-refractivity contribution in [1.82, 2.24) is 5.32 Å². The summed E-state index contributed by atoms with van der Waals surface area (Å²) in [5, 5.41) is 6.40. The average Bonchev–Trinajstić information content (AvgIpc) is 2.38. The van der Waals surface area contributed by atoms with Gasteiger partial charge >= 0.3 is 0 Å². The number of benzene rings is 1. The van der Waals surface area contributed by atoms with Crippen LogP contribution < -0.4 is 10.6 Å². The molecule has 0 radical (unpaired) electrons. The normalized spacial score (nSPS) is 18.8. The van der Waals surface area contributed by atoms with Crippen molar-refractivity contribution in [2.45, 2.75) is 26.7 Å². The van der Waals surface area contributed by atoms with E-state index in [0.717, 1.165) is 30.4 Å². The summed E-state index contributed by atoms with van der Waals surface area (Å²) in [4.78, 5) is 11.9. The van der Waals surface area contributed by atoms with E-state index in [2.05, 4.69) is 16.7 Å². The van der Waals surface area contributed by atoms with Gasteiger partial charge in [-0.1, -0.05) is 6.07 Å². The van der Waals surface area contributed by atoms with Gasteiger partial charge in [0.15, 0.2) is 0 Å². The van der Waals surface area contributed by atoms with Crippen molar-refractivity contribution >= 4 is 23.4 Å².